The molecule has 1 fully saturated rings. The molecule has 9 heteroatoms. The number of likely N-dealkylation sites (tertiary alicyclic amines) is 1. The van der Waals surface area contributed by atoms with Crippen LogP contribution in [0.5, 0.6) is 0 Å². The molecule has 1 saturated heterocycles. The second kappa shape index (κ2) is 10.1. The smallest absolute Gasteiger partial charge is 0.255 e. The zero-order valence-corrected chi connectivity index (χ0v) is 21.8. The molecule has 1 N–H and O–H groups in total. The van der Waals surface area contributed by atoms with E-state index in [1.165, 1.54) is 11.3 Å². The van der Waals surface area contributed by atoms with E-state index in [4.69, 9.17) is 4.98 Å². The Morgan fingerprint density at radius 3 is 2.86 bits per heavy atom. The van der Waals surface area contributed by atoms with E-state index < -0.39 is 6.17 Å². The third kappa shape index (κ3) is 5.16. The monoisotopic (exact) mass is 529 g/mol. The van der Waals surface area contributed by atoms with E-state index in [0.717, 1.165) is 49.3 Å². The van der Waals surface area contributed by atoms with E-state index in [2.05, 4.69) is 20.2 Å². The standard InChI is InChI=1S/C28H24FN5OS2/c1-17-31-25(16-36-17)19-5-4-6-20(12-19)26(35)32-23-8-3-2-7-22(23)27-33-24-11-18(13-30-28(24)37-27)14-34-10-9-21(29)15-34/h2-8,11-13,16,21H,9-10,14-15H2,1H3,(H,32,35)/t21-/m1/s1. The maximum atomic E-state index is 13.6. The van der Waals surface area contributed by atoms with Gasteiger partial charge in [0.2, 0.25) is 0 Å². The van der Waals surface area contributed by atoms with Gasteiger partial charge < -0.3 is 5.32 Å². The molecule has 1 aliphatic heterocycles. The number of pyridine rings is 1. The minimum Gasteiger partial charge on any atom is -0.321 e. The van der Waals surface area contributed by atoms with Crippen molar-refractivity contribution in [3.8, 4) is 21.8 Å². The first kappa shape index (κ1) is 23.8. The third-order valence-electron chi connectivity index (χ3n) is 6.37. The molecule has 6 nitrogen and oxygen atoms in total. The number of fused-ring (bicyclic) bond motifs is 1. The van der Waals surface area contributed by atoms with Crippen LogP contribution in [0.1, 0.15) is 27.3 Å². The van der Waals surface area contributed by atoms with Gasteiger partial charge in [-0.3, -0.25) is 9.69 Å². The van der Waals surface area contributed by atoms with Crippen LogP contribution in [0, 0.1) is 6.92 Å². The molecule has 2 aromatic carbocycles. The fraction of sp³-hybridized carbons (Fsp3) is 0.214. The molecule has 186 valence electrons. The molecule has 1 atom stereocenters. The van der Waals surface area contributed by atoms with Gasteiger partial charge >= 0.3 is 0 Å². The van der Waals surface area contributed by atoms with Gasteiger partial charge in [-0.25, -0.2) is 19.3 Å². The summed E-state index contributed by atoms with van der Waals surface area (Å²) >= 11 is 3.07. The second-order valence-electron chi connectivity index (χ2n) is 9.14. The number of anilines is 1. The van der Waals surface area contributed by atoms with Gasteiger partial charge in [0.15, 0.2) is 0 Å². The topological polar surface area (TPSA) is 71.0 Å². The van der Waals surface area contributed by atoms with Crippen molar-refractivity contribution in [1.29, 1.82) is 0 Å². The summed E-state index contributed by atoms with van der Waals surface area (Å²) < 4.78 is 13.6. The van der Waals surface area contributed by atoms with Crippen molar-refractivity contribution >= 4 is 44.6 Å². The maximum Gasteiger partial charge on any atom is 0.255 e. The first-order valence-corrected chi connectivity index (χ1v) is 13.8. The number of carbonyl (C=O) groups excluding carboxylic acids is 1. The number of thiazole rings is 2. The van der Waals surface area contributed by atoms with Gasteiger partial charge in [0.1, 0.15) is 21.5 Å². The summed E-state index contributed by atoms with van der Waals surface area (Å²) in [5, 5.41) is 6.83. The Morgan fingerprint density at radius 2 is 2.05 bits per heavy atom. The van der Waals surface area contributed by atoms with Crippen molar-refractivity contribution in [2.24, 2.45) is 0 Å². The summed E-state index contributed by atoms with van der Waals surface area (Å²) in [6.07, 6.45) is 1.70. The lowest BCUT2D eigenvalue weighted by molar-refractivity contribution is 0.102. The molecule has 0 saturated carbocycles. The number of para-hydroxylation sites is 1. The molecule has 4 heterocycles. The van der Waals surface area contributed by atoms with Crippen LogP contribution in [-0.4, -0.2) is 45.0 Å². The molecular formula is C28H24FN5OS2. The highest BCUT2D eigenvalue weighted by Crippen LogP contribution is 2.34. The number of nitrogens with zero attached hydrogens (tertiary/aromatic N) is 4. The Labute approximate surface area is 221 Å². The highest BCUT2D eigenvalue weighted by atomic mass is 32.1. The minimum absolute atomic E-state index is 0.195. The number of aryl methyl sites for hydroxylation is 1. The van der Waals surface area contributed by atoms with Crippen molar-refractivity contribution in [2.75, 3.05) is 18.4 Å². The van der Waals surface area contributed by atoms with Crippen LogP contribution in [-0.2, 0) is 6.54 Å². The Kier molecular flexibility index (Phi) is 6.50. The van der Waals surface area contributed by atoms with Gasteiger partial charge in [-0.05, 0) is 49.2 Å². The molecule has 0 bridgehead atoms. The quantitative estimate of drug-likeness (QED) is 0.269. The molecule has 0 radical (unpaired) electrons. The van der Waals surface area contributed by atoms with Crippen molar-refractivity contribution in [1.82, 2.24) is 19.9 Å². The van der Waals surface area contributed by atoms with Crippen LogP contribution in [0.25, 0.3) is 32.2 Å². The van der Waals surface area contributed by atoms with E-state index >= 15 is 0 Å². The van der Waals surface area contributed by atoms with Gasteiger partial charge in [0, 0.05) is 47.9 Å². The zero-order valence-electron chi connectivity index (χ0n) is 20.1. The summed E-state index contributed by atoms with van der Waals surface area (Å²) in [4.78, 5) is 30.1. The fourth-order valence-electron chi connectivity index (χ4n) is 4.54. The predicted molar refractivity (Wildman–Crippen MR) is 148 cm³/mol. The average Bonchev–Trinajstić information content (AvgIpc) is 3.64. The van der Waals surface area contributed by atoms with Crippen LogP contribution in [0.15, 0.2) is 66.2 Å². The largest absolute Gasteiger partial charge is 0.321 e. The number of carbonyl (C=O) groups is 1. The Bertz CT molecular complexity index is 1600. The maximum absolute atomic E-state index is 13.6. The lowest BCUT2D eigenvalue weighted by Crippen LogP contribution is -2.20. The van der Waals surface area contributed by atoms with E-state index in [0.29, 0.717) is 30.8 Å². The Morgan fingerprint density at radius 1 is 1.16 bits per heavy atom. The van der Waals surface area contributed by atoms with Gasteiger partial charge in [-0.2, -0.15) is 0 Å². The third-order valence-corrected chi connectivity index (χ3v) is 8.16. The van der Waals surface area contributed by atoms with Crippen molar-refractivity contribution in [3.05, 3.63) is 82.3 Å². The molecule has 0 spiro atoms. The number of rotatable bonds is 6. The van der Waals surface area contributed by atoms with Crippen molar-refractivity contribution < 1.29 is 9.18 Å². The van der Waals surface area contributed by atoms with Gasteiger partial charge in [0.25, 0.3) is 5.91 Å². The van der Waals surface area contributed by atoms with Gasteiger partial charge in [-0.1, -0.05) is 35.6 Å². The summed E-state index contributed by atoms with van der Waals surface area (Å²) in [6, 6.07) is 17.2. The summed E-state index contributed by atoms with van der Waals surface area (Å²) in [5.74, 6) is -0.195. The molecule has 6 rings (SSSR count). The minimum atomic E-state index is -0.742. The number of amides is 1. The number of alkyl halides is 1. The molecule has 0 unspecified atom stereocenters. The molecule has 0 aliphatic carbocycles. The lowest BCUT2D eigenvalue weighted by Gasteiger charge is -2.13. The molecule has 37 heavy (non-hydrogen) atoms. The SMILES string of the molecule is Cc1nc(-c2cccc(C(=O)Nc3ccccc3-c3nc4cc(CN5CC[C@@H](F)C5)cnc4s3)c2)cs1. The second-order valence-corrected chi connectivity index (χ2v) is 11.2. The first-order chi connectivity index (χ1) is 18.0. The van der Waals surface area contributed by atoms with E-state index in [-0.39, 0.29) is 5.91 Å². The molecule has 5 aromatic rings. The molecule has 1 amide bonds. The zero-order chi connectivity index (χ0) is 25.4. The Balaban J connectivity index is 1.24. The first-order valence-electron chi connectivity index (χ1n) is 12.1. The number of hydrogen-bond donors (Lipinski definition) is 1. The summed E-state index contributed by atoms with van der Waals surface area (Å²) in [5.41, 5.74) is 5.70. The van der Waals surface area contributed by atoms with Gasteiger partial charge in [0.05, 0.1) is 16.4 Å². The number of benzene rings is 2. The molecule has 3 aromatic heterocycles. The summed E-state index contributed by atoms with van der Waals surface area (Å²) in [6.45, 7) is 3.87. The van der Waals surface area contributed by atoms with Crippen LogP contribution >= 0.6 is 22.7 Å². The average molecular weight is 530 g/mol. The highest BCUT2D eigenvalue weighted by Gasteiger charge is 2.22. The van der Waals surface area contributed by atoms with E-state index in [1.54, 1.807) is 17.4 Å². The van der Waals surface area contributed by atoms with Gasteiger partial charge in [-0.15, -0.1) is 11.3 Å². The van der Waals surface area contributed by atoms with Crippen LogP contribution < -0.4 is 5.32 Å². The van der Waals surface area contributed by atoms with Crippen LogP contribution in [0.4, 0.5) is 10.1 Å². The lowest BCUT2D eigenvalue weighted by atomic mass is 10.1. The Hall–Kier alpha value is -3.53. The fourth-order valence-corrected chi connectivity index (χ4v) is 6.09. The van der Waals surface area contributed by atoms with Crippen LogP contribution in [0.2, 0.25) is 0 Å². The van der Waals surface area contributed by atoms with E-state index in [1.807, 2.05) is 67.0 Å². The van der Waals surface area contributed by atoms with Crippen molar-refractivity contribution in [2.45, 2.75) is 26.1 Å². The molecular weight excluding hydrogens is 505 g/mol. The predicted octanol–water partition coefficient (Wildman–Crippen LogP) is 6.59. The molecule has 1 aliphatic rings. The van der Waals surface area contributed by atoms with Crippen LogP contribution in [0.3, 0.4) is 0 Å². The van der Waals surface area contributed by atoms with E-state index in [9.17, 15) is 9.18 Å². The normalized spacial score (nSPS) is 15.9. The summed E-state index contributed by atoms with van der Waals surface area (Å²) in [7, 11) is 0. The number of nitrogens with one attached hydrogen (secondary N) is 1. The number of halogens is 1. The highest BCUT2D eigenvalue weighted by molar-refractivity contribution is 7.21. The van der Waals surface area contributed by atoms with Crippen molar-refractivity contribution in [3.63, 3.8) is 0 Å². The number of hydrogen-bond acceptors (Lipinski definition) is 7. The number of aromatic nitrogens is 3.